The van der Waals surface area contributed by atoms with Crippen LogP contribution in [0.3, 0.4) is 0 Å². The molecule has 118 valence electrons. The number of anilines is 1. The third-order valence-electron chi connectivity index (χ3n) is 4.19. The summed E-state index contributed by atoms with van der Waals surface area (Å²) in [5, 5.41) is 2.72. The van der Waals surface area contributed by atoms with E-state index in [9.17, 15) is 9.59 Å². The zero-order chi connectivity index (χ0) is 16.4. The number of hydrogen-bond donors (Lipinski definition) is 1. The summed E-state index contributed by atoms with van der Waals surface area (Å²) < 4.78 is 0. The van der Waals surface area contributed by atoms with Gasteiger partial charge in [-0.1, -0.05) is 35.9 Å². The SMILES string of the molecule is Cc1ccc(C(=O)NCC(=O)N2c3ccccc3CC2C)cc1. The number of hydrogen-bond acceptors (Lipinski definition) is 2. The Bertz CT molecular complexity index is 737. The molecule has 1 aliphatic heterocycles. The first kappa shape index (κ1) is 15.3. The van der Waals surface area contributed by atoms with Crippen LogP contribution in [-0.2, 0) is 11.2 Å². The Morgan fingerprint density at radius 2 is 1.83 bits per heavy atom. The Morgan fingerprint density at radius 1 is 1.13 bits per heavy atom. The van der Waals surface area contributed by atoms with Crippen molar-refractivity contribution in [1.82, 2.24) is 5.32 Å². The van der Waals surface area contributed by atoms with Crippen LogP contribution < -0.4 is 10.2 Å². The van der Waals surface area contributed by atoms with E-state index in [1.165, 1.54) is 5.56 Å². The van der Waals surface area contributed by atoms with Crippen molar-refractivity contribution >= 4 is 17.5 Å². The average molecular weight is 308 g/mol. The predicted octanol–water partition coefficient (Wildman–Crippen LogP) is 2.70. The van der Waals surface area contributed by atoms with Gasteiger partial charge in [0.1, 0.15) is 0 Å². The molecule has 0 fully saturated rings. The highest BCUT2D eigenvalue weighted by Crippen LogP contribution is 2.31. The second kappa shape index (κ2) is 6.24. The summed E-state index contributed by atoms with van der Waals surface area (Å²) in [5.74, 6) is -0.304. The number of benzene rings is 2. The Morgan fingerprint density at radius 3 is 2.57 bits per heavy atom. The Labute approximate surface area is 136 Å². The van der Waals surface area contributed by atoms with Crippen LogP contribution in [0, 0.1) is 6.92 Å². The van der Waals surface area contributed by atoms with Crippen molar-refractivity contribution in [3.8, 4) is 0 Å². The van der Waals surface area contributed by atoms with E-state index in [0.29, 0.717) is 5.56 Å². The normalized spacial score (nSPS) is 16.1. The fourth-order valence-corrected chi connectivity index (χ4v) is 2.99. The summed E-state index contributed by atoms with van der Waals surface area (Å²) in [6.07, 6.45) is 0.855. The Balaban J connectivity index is 1.66. The molecule has 0 bridgehead atoms. The number of rotatable bonds is 3. The number of carbonyl (C=O) groups is 2. The molecule has 3 rings (SSSR count). The highest BCUT2D eigenvalue weighted by atomic mass is 16.2. The maximum absolute atomic E-state index is 12.5. The molecule has 0 aliphatic carbocycles. The fraction of sp³-hybridized carbons (Fsp3) is 0.263. The lowest BCUT2D eigenvalue weighted by Crippen LogP contribution is -2.43. The highest BCUT2D eigenvalue weighted by molar-refractivity contribution is 6.01. The molecule has 0 saturated carbocycles. The smallest absolute Gasteiger partial charge is 0.251 e. The monoisotopic (exact) mass is 308 g/mol. The zero-order valence-corrected chi connectivity index (χ0v) is 13.4. The van der Waals surface area contributed by atoms with E-state index in [4.69, 9.17) is 0 Å². The summed E-state index contributed by atoms with van der Waals surface area (Å²) in [5.41, 5.74) is 3.80. The van der Waals surface area contributed by atoms with E-state index in [1.807, 2.05) is 50.2 Å². The van der Waals surface area contributed by atoms with E-state index in [1.54, 1.807) is 17.0 Å². The van der Waals surface area contributed by atoms with Gasteiger partial charge in [0.2, 0.25) is 5.91 Å². The second-order valence-electron chi connectivity index (χ2n) is 5.99. The van der Waals surface area contributed by atoms with Gasteiger partial charge in [-0.3, -0.25) is 9.59 Å². The van der Waals surface area contributed by atoms with Crippen molar-refractivity contribution in [1.29, 1.82) is 0 Å². The molecule has 0 spiro atoms. The van der Waals surface area contributed by atoms with Gasteiger partial charge >= 0.3 is 0 Å². The molecule has 1 aliphatic rings. The van der Waals surface area contributed by atoms with Crippen molar-refractivity contribution in [3.05, 3.63) is 65.2 Å². The summed E-state index contributed by atoms with van der Waals surface area (Å²) >= 11 is 0. The van der Waals surface area contributed by atoms with Crippen molar-refractivity contribution in [2.75, 3.05) is 11.4 Å². The molecule has 0 saturated heterocycles. The molecule has 1 N–H and O–H groups in total. The van der Waals surface area contributed by atoms with Gasteiger partial charge in [0.15, 0.2) is 0 Å². The number of amides is 2. The van der Waals surface area contributed by atoms with Crippen LogP contribution in [0.25, 0.3) is 0 Å². The first-order chi connectivity index (χ1) is 11.1. The third kappa shape index (κ3) is 3.11. The number of para-hydroxylation sites is 1. The number of carbonyl (C=O) groups excluding carboxylic acids is 2. The van der Waals surface area contributed by atoms with E-state index >= 15 is 0 Å². The van der Waals surface area contributed by atoms with Crippen molar-refractivity contribution < 1.29 is 9.59 Å². The zero-order valence-electron chi connectivity index (χ0n) is 13.4. The Kier molecular flexibility index (Phi) is 4.15. The van der Waals surface area contributed by atoms with Gasteiger partial charge < -0.3 is 10.2 Å². The van der Waals surface area contributed by atoms with Gasteiger partial charge in [0.05, 0.1) is 6.54 Å². The van der Waals surface area contributed by atoms with Crippen LogP contribution in [0.4, 0.5) is 5.69 Å². The molecule has 2 aromatic rings. The van der Waals surface area contributed by atoms with Crippen LogP contribution in [0.15, 0.2) is 48.5 Å². The first-order valence-electron chi connectivity index (χ1n) is 7.81. The lowest BCUT2D eigenvalue weighted by atomic mass is 10.1. The summed E-state index contributed by atoms with van der Waals surface area (Å²) in [7, 11) is 0. The minimum Gasteiger partial charge on any atom is -0.343 e. The molecule has 4 heteroatoms. The third-order valence-corrected chi connectivity index (χ3v) is 4.19. The number of fused-ring (bicyclic) bond motifs is 1. The minimum absolute atomic E-state index is 0.00534. The van der Waals surface area contributed by atoms with Gasteiger partial charge in [0, 0.05) is 17.3 Å². The fourth-order valence-electron chi connectivity index (χ4n) is 2.99. The minimum atomic E-state index is -0.224. The molecule has 1 unspecified atom stereocenters. The van der Waals surface area contributed by atoms with Gasteiger partial charge in [-0.25, -0.2) is 0 Å². The lowest BCUT2D eigenvalue weighted by molar-refractivity contribution is -0.118. The molecule has 1 atom stereocenters. The summed E-state index contributed by atoms with van der Waals surface area (Å²) in [4.78, 5) is 26.4. The van der Waals surface area contributed by atoms with Crippen LogP contribution >= 0.6 is 0 Å². The maximum atomic E-state index is 12.5. The molecule has 0 aromatic heterocycles. The topological polar surface area (TPSA) is 49.4 Å². The van der Waals surface area contributed by atoms with E-state index in [2.05, 4.69) is 5.32 Å². The number of nitrogens with one attached hydrogen (secondary N) is 1. The largest absolute Gasteiger partial charge is 0.343 e. The van der Waals surface area contributed by atoms with Gasteiger partial charge in [-0.05, 0) is 44.0 Å². The van der Waals surface area contributed by atoms with Gasteiger partial charge in [-0.15, -0.1) is 0 Å². The summed E-state index contributed by atoms with van der Waals surface area (Å²) in [6.45, 7) is 4.00. The van der Waals surface area contributed by atoms with E-state index < -0.39 is 0 Å². The van der Waals surface area contributed by atoms with E-state index in [0.717, 1.165) is 17.7 Å². The Hall–Kier alpha value is -2.62. The summed E-state index contributed by atoms with van der Waals surface area (Å²) in [6, 6.07) is 15.3. The van der Waals surface area contributed by atoms with Gasteiger partial charge in [-0.2, -0.15) is 0 Å². The van der Waals surface area contributed by atoms with Crippen LogP contribution in [0.5, 0.6) is 0 Å². The van der Waals surface area contributed by atoms with Crippen molar-refractivity contribution in [2.45, 2.75) is 26.3 Å². The van der Waals surface area contributed by atoms with Gasteiger partial charge in [0.25, 0.3) is 5.91 Å². The first-order valence-corrected chi connectivity index (χ1v) is 7.81. The maximum Gasteiger partial charge on any atom is 0.251 e. The van der Waals surface area contributed by atoms with E-state index in [-0.39, 0.29) is 24.4 Å². The van der Waals surface area contributed by atoms with Crippen molar-refractivity contribution in [2.24, 2.45) is 0 Å². The molecular weight excluding hydrogens is 288 g/mol. The number of nitrogens with zero attached hydrogens (tertiary/aromatic N) is 1. The molecule has 2 aromatic carbocycles. The lowest BCUT2D eigenvalue weighted by Gasteiger charge is -2.22. The molecule has 0 radical (unpaired) electrons. The number of aryl methyl sites for hydroxylation is 1. The van der Waals surface area contributed by atoms with Crippen LogP contribution in [0.1, 0.15) is 28.4 Å². The molecule has 4 nitrogen and oxygen atoms in total. The van der Waals surface area contributed by atoms with Crippen LogP contribution in [-0.4, -0.2) is 24.4 Å². The quantitative estimate of drug-likeness (QED) is 0.948. The molecule has 2 amide bonds. The predicted molar refractivity (Wildman–Crippen MR) is 90.6 cm³/mol. The second-order valence-corrected chi connectivity index (χ2v) is 5.99. The van der Waals surface area contributed by atoms with Crippen LogP contribution in [0.2, 0.25) is 0 Å². The molecular formula is C19H20N2O2. The molecule has 23 heavy (non-hydrogen) atoms. The molecule has 1 heterocycles. The highest BCUT2D eigenvalue weighted by Gasteiger charge is 2.30. The van der Waals surface area contributed by atoms with Crippen molar-refractivity contribution in [3.63, 3.8) is 0 Å². The average Bonchev–Trinajstić information content (AvgIpc) is 2.88. The standard InChI is InChI=1S/C19H20N2O2/c1-13-7-9-15(10-8-13)19(23)20-12-18(22)21-14(2)11-16-5-3-4-6-17(16)21/h3-10,14H,11-12H2,1-2H3,(H,20,23).